The Morgan fingerprint density at radius 3 is 2.33 bits per heavy atom. The van der Waals surface area contributed by atoms with Crippen LogP contribution >= 0.6 is 0 Å². The first kappa shape index (κ1) is 17.5. The first-order valence-corrected chi connectivity index (χ1v) is 7.98. The van der Waals surface area contributed by atoms with Gasteiger partial charge in [-0.15, -0.1) is 0 Å². The van der Waals surface area contributed by atoms with Gasteiger partial charge in [-0.25, -0.2) is 4.39 Å². The van der Waals surface area contributed by atoms with Crippen LogP contribution in [0.3, 0.4) is 0 Å². The Morgan fingerprint density at radius 2 is 1.81 bits per heavy atom. The van der Waals surface area contributed by atoms with Crippen molar-refractivity contribution < 1.29 is 9.13 Å². The minimum absolute atomic E-state index is 0.194. The van der Waals surface area contributed by atoms with Gasteiger partial charge in [0, 0.05) is 0 Å². The average Bonchev–Trinajstić information content (AvgIpc) is 2.49. The number of hydrogen-bond donors (Lipinski definition) is 0. The molecule has 21 heavy (non-hydrogen) atoms. The predicted octanol–water partition coefficient (Wildman–Crippen LogP) is 5.58. The smallest absolute Gasteiger partial charge is 0.181 e. The lowest BCUT2D eigenvalue weighted by molar-refractivity contribution is 0.262. The molecule has 2 nitrogen and oxygen atoms in total. The highest BCUT2D eigenvalue weighted by Gasteiger charge is 2.15. The largest absolute Gasteiger partial charge is 0.473 e. The Kier molecular flexibility index (Phi) is 7.82. The summed E-state index contributed by atoms with van der Waals surface area (Å²) in [5.41, 5.74) is 1.12. The van der Waals surface area contributed by atoms with E-state index in [1.165, 1.54) is 31.7 Å². The lowest BCUT2D eigenvalue weighted by Crippen LogP contribution is -2.10. The van der Waals surface area contributed by atoms with E-state index >= 15 is 0 Å². The van der Waals surface area contributed by atoms with E-state index in [0.29, 0.717) is 5.92 Å². The number of nitriles is 1. The standard InChI is InChI=1S/C18H26FNO/c1-4-6-8-15(9-7-5-2)16-10-11-17(19)18(12-16)21-14(3)13-20/h10-12,14-15H,4-9H2,1-3H3. The van der Waals surface area contributed by atoms with E-state index < -0.39 is 11.9 Å². The molecule has 116 valence electrons. The van der Waals surface area contributed by atoms with Crippen molar-refractivity contribution in [3.05, 3.63) is 29.6 Å². The lowest BCUT2D eigenvalue weighted by Gasteiger charge is -2.18. The minimum Gasteiger partial charge on any atom is -0.473 e. The summed E-state index contributed by atoms with van der Waals surface area (Å²) in [6.45, 7) is 5.99. The fourth-order valence-corrected chi connectivity index (χ4v) is 2.46. The summed E-state index contributed by atoms with van der Waals surface area (Å²) in [7, 11) is 0. The van der Waals surface area contributed by atoms with E-state index in [4.69, 9.17) is 10.00 Å². The second-order valence-electron chi connectivity index (χ2n) is 5.56. The first-order chi connectivity index (χ1) is 10.1. The van der Waals surface area contributed by atoms with Crippen LogP contribution in [0, 0.1) is 17.1 Å². The number of ether oxygens (including phenoxy) is 1. The molecule has 0 bridgehead atoms. The number of halogens is 1. The summed E-state index contributed by atoms with van der Waals surface area (Å²) in [6.07, 6.45) is 6.29. The van der Waals surface area contributed by atoms with Crippen molar-refractivity contribution in [2.75, 3.05) is 0 Å². The molecule has 0 aliphatic carbocycles. The second kappa shape index (κ2) is 9.39. The zero-order valence-corrected chi connectivity index (χ0v) is 13.4. The molecule has 0 fully saturated rings. The predicted molar refractivity (Wildman–Crippen MR) is 83.9 cm³/mol. The first-order valence-electron chi connectivity index (χ1n) is 7.98. The van der Waals surface area contributed by atoms with Crippen molar-refractivity contribution in [2.45, 2.75) is 71.3 Å². The van der Waals surface area contributed by atoms with Crippen LogP contribution in [-0.2, 0) is 0 Å². The van der Waals surface area contributed by atoms with E-state index in [2.05, 4.69) is 13.8 Å². The molecule has 0 N–H and O–H groups in total. The van der Waals surface area contributed by atoms with Crippen molar-refractivity contribution in [1.29, 1.82) is 5.26 Å². The van der Waals surface area contributed by atoms with Crippen molar-refractivity contribution in [3.8, 4) is 11.8 Å². The summed E-state index contributed by atoms with van der Waals surface area (Å²) in [4.78, 5) is 0. The molecular weight excluding hydrogens is 265 g/mol. The van der Waals surface area contributed by atoms with Crippen LogP contribution in [-0.4, -0.2) is 6.10 Å². The van der Waals surface area contributed by atoms with Gasteiger partial charge in [-0.2, -0.15) is 5.26 Å². The summed E-state index contributed by atoms with van der Waals surface area (Å²) in [5, 5.41) is 8.80. The fraction of sp³-hybridized carbons (Fsp3) is 0.611. The third-order valence-electron chi connectivity index (χ3n) is 3.72. The van der Waals surface area contributed by atoms with Gasteiger partial charge in [-0.05, 0) is 43.4 Å². The monoisotopic (exact) mass is 291 g/mol. The molecule has 0 saturated carbocycles. The Balaban J connectivity index is 2.91. The maximum atomic E-state index is 13.8. The van der Waals surface area contributed by atoms with Gasteiger partial charge in [-0.3, -0.25) is 0 Å². The van der Waals surface area contributed by atoms with Crippen molar-refractivity contribution in [2.24, 2.45) is 0 Å². The molecule has 0 radical (unpaired) electrons. The maximum Gasteiger partial charge on any atom is 0.181 e. The van der Waals surface area contributed by atoms with E-state index in [-0.39, 0.29) is 5.75 Å². The van der Waals surface area contributed by atoms with Gasteiger partial charge in [0.1, 0.15) is 6.07 Å². The Morgan fingerprint density at radius 1 is 1.19 bits per heavy atom. The molecule has 1 atom stereocenters. The molecule has 1 unspecified atom stereocenters. The zero-order valence-electron chi connectivity index (χ0n) is 13.4. The SMILES string of the molecule is CCCCC(CCCC)c1ccc(F)c(OC(C)C#N)c1. The molecule has 0 aromatic heterocycles. The minimum atomic E-state index is -0.639. The van der Waals surface area contributed by atoms with Gasteiger partial charge in [0.15, 0.2) is 17.7 Å². The lowest BCUT2D eigenvalue weighted by atomic mass is 9.89. The van der Waals surface area contributed by atoms with Crippen molar-refractivity contribution >= 4 is 0 Å². The molecule has 0 saturated heterocycles. The van der Waals surface area contributed by atoms with Crippen LogP contribution in [0.5, 0.6) is 5.75 Å². The molecule has 0 aliphatic rings. The topological polar surface area (TPSA) is 33.0 Å². The van der Waals surface area contributed by atoms with Crippen LogP contribution in [0.15, 0.2) is 18.2 Å². The fourth-order valence-electron chi connectivity index (χ4n) is 2.46. The van der Waals surface area contributed by atoms with Crippen LogP contribution in [0.4, 0.5) is 4.39 Å². The number of hydrogen-bond acceptors (Lipinski definition) is 2. The van der Waals surface area contributed by atoms with Gasteiger partial charge < -0.3 is 4.74 Å². The van der Waals surface area contributed by atoms with E-state index in [0.717, 1.165) is 18.4 Å². The summed E-state index contributed by atoms with van der Waals surface area (Å²) in [6, 6.07) is 7.06. The number of benzene rings is 1. The van der Waals surface area contributed by atoms with Gasteiger partial charge in [-0.1, -0.05) is 45.6 Å². The van der Waals surface area contributed by atoms with E-state index in [1.54, 1.807) is 13.0 Å². The van der Waals surface area contributed by atoms with Gasteiger partial charge in [0.2, 0.25) is 0 Å². The quantitative estimate of drug-likeness (QED) is 0.595. The third kappa shape index (κ3) is 5.75. The molecule has 1 aromatic carbocycles. The van der Waals surface area contributed by atoms with E-state index in [1.807, 2.05) is 12.1 Å². The highest BCUT2D eigenvalue weighted by atomic mass is 19.1. The summed E-state index contributed by atoms with van der Waals surface area (Å²) < 4.78 is 19.2. The van der Waals surface area contributed by atoms with Crippen molar-refractivity contribution in [3.63, 3.8) is 0 Å². The Labute approximate surface area is 127 Å². The second-order valence-corrected chi connectivity index (χ2v) is 5.56. The highest BCUT2D eigenvalue weighted by molar-refractivity contribution is 5.33. The average molecular weight is 291 g/mol. The summed E-state index contributed by atoms with van der Waals surface area (Å²) in [5.74, 6) is 0.246. The maximum absolute atomic E-state index is 13.8. The molecule has 1 rings (SSSR count). The molecule has 3 heteroatoms. The Bertz CT molecular complexity index is 459. The molecule has 0 heterocycles. The van der Waals surface area contributed by atoms with Crippen molar-refractivity contribution in [1.82, 2.24) is 0 Å². The molecule has 0 amide bonds. The highest BCUT2D eigenvalue weighted by Crippen LogP contribution is 2.31. The Hall–Kier alpha value is -1.56. The molecule has 1 aromatic rings. The van der Waals surface area contributed by atoms with Gasteiger partial charge >= 0.3 is 0 Å². The number of nitrogens with zero attached hydrogens (tertiary/aromatic N) is 1. The van der Waals surface area contributed by atoms with Gasteiger partial charge in [0.25, 0.3) is 0 Å². The molecule has 0 spiro atoms. The molecular formula is C18H26FNO. The third-order valence-corrected chi connectivity index (χ3v) is 3.72. The number of rotatable bonds is 9. The molecule has 0 aliphatic heterocycles. The summed E-state index contributed by atoms with van der Waals surface area (Å²) >= 11 is 0. The van der Waals surface area contributed by atoms with E-state index in [9.17, 15) is 4.39 Å². The zero-order chi connectivity index (χ0) is 15.7. The normalized spacial score (nSPS) is 12.2. The van der Waals surface area contributed by atoms with Crippen LogP contribution < -0.4 is 4.74 Å². The van der Waals surface area contributed by atoms with Crippen LogP contribution in [0.1, 0.15) is 70.8 Å². The number of unbranched alkanes of at least 4 members (excludes halogenated alkanes) is 2. The van der Waals surface area contributed by atoms with Crippen LogP contribution in [0.2, 0.25) is 0 Å². The van der Waals surface area contributed by atoms with Crippen LogP contribution in [0.25, 0.3) is 0 Å². The van der Waals surface area contributed by atoms with Gasteiger partial charge in [0.05, 0.1) is 0 Å².